The van der Waals surface area contributed by atoms with Crippen LogP contribution in [0, 0.1) is 0 Å². The van der Waals surface area contributed by atoms with E-state index < -0.39 is 38.5 Å². The zero-order valence-corrected chi connectivity index (χ0v) is 17.3. The molecule has 0 amide bonds. The summed E-state index contributed by atoms with van der Waals surface area (Å²) < 4.78 is 28.3. The molecule has 2 aliphatic rings. The van der Waals surface area contributed by atoms with E-state index in [0.717, 1.165) is 0 Å². The van der Waals surface area contributed by atoms with Gasteiger partial charge in [0.15, 0.2) is 23.2 Å². The number of imidazole rings is 1. The quantitative estimate of drug-likeness (QED) is 0.306. The maximum Gasteiger partial charge on any atom is 0.350 e. The van der Waals surface area contributed by atoms with Gasteiger partial charge in [0.2, 0.25) is 5.28 Å². The molecule has 2 aliphatic heterocycles. The predicted molar refractivity (Wildman–Crippen MR) is 102 cm³/mol. The summed E-state index contributed by atoms with van der Waals surface area (Å²) in [5.41, 5.74) is 0.761. The first-order valence-corrected chi connectivity index (χ1v) is 11.3. The van der Waals surface area contributed by atoms with Crippen molar-refractivity contribution < 1.29 is 38.8 Å². The van der Waals surface area contributed by atoms with Gasteiger partial charge in [0.1, 0.15) is 24.7 Å². The summed E-state index contributed by atoms with van der Waals surface area (Å²) in [7, 11) is -4.36. The monoisotopic (exact) mass is 465 g/mol. The molecule has 13 nitrogen and oxygen atoms in total. The summed E-state index contributed by atoms with van der Waals surface area (Å²) in [5, 5.41) is 20.7. The molecule has 166 valence electrons. The van der Waals surface area contributed by atoms with E-state index >= 15 is 0 Å². The summed E-state index contributed by atoms with van der Waals surface area (Å²) in [6.07, 6.45) is -4.19. The van der Waals surface area contributed by atoms with E-state index in [1.807, 2.05) is 4.90 Å². The van der Waals surface area contributed by atoms with Gasteiger partial charge in [-0.2, -0.15) is 9.97 Å². The number of aliphatic hydroxyl groups is 2. The van der Waals surface area contributed by atoms with Crippen LogP contribution in [0.2, 0.25) is 5.28 Å². The van der Waals surface area contributed by atoms with E-state index in [4.69, 9.17) is 35.6 Å². The Morgan fingerprint density at radius 1 is 1.23 bits per heavy atom. The molecular weight excluding hydrogens is 445 g/mol. The molecule has 15 heteroatoms. The molecule has 0 unspecified atom stereocenters. The Balaban J connectivity index is 1.58. The third-order valence-electron chi connectivity index (χ3n) is 4.84. The standard InChI is InChI=1S/C15H21ClN5O8P/c16-15-18-12(20-1-3-27-4-2-20)9-13(19-15)21(6-17-9)14-11(23)10(22)8(29-14)5-28-7-30(24,25)26/h6,8,10-11,14,22-23H,1-5,7H2,(H2,24,25,26)/t8-,10-,11-,14-/m1/s1. The lowest BCUT2D eigenvalue weighted by Gasteiger charge is -2.27. The Kier molecular flexibility index (Phi) is 6.26. The largest absolute Gasteiger partial charge is 0.387 e. The Morgan fingerprint density at radius 2 is 1.97 bits per heavy atom. The molecule has 4 rings (SSSR count). The molecule has 0 saturated carbocycles. The molecule has 2 saturated heterocycles. The lowest BCUT2D eigenvalue weighted by Crippen LogP contribution is -2.37. The molecule has 2 aromatic rings. The normalized spacial score (nSPS) is 27.8. The summed E-state index contributed by atoms with van der Waals surface area (Å²) >= 11 is 6.12. The highest BCUT2D eigenvalue weighted by Gasteiger charge is 2.44. The van der Waals surface area contributed by atoms with Crippen LogP contribution < -0.4 is 4.90 Å². The zero-order chi connectivity index (χ0) is 21.5. The average Bonchev–Trinajstić information content (AvgIpc) is 3.23. The molecule has 30 heavy (non-hydrogen) atoms. The number of hydrogen-bond donors (Lipinski definition) is 4. The van der Waals surface area contributed by atoms with Crippen LogP contribution in [0.15, 0.2) is 6.33 Å². The molecule has 4 heterocycles. The summed E-state index contributed by atoms with van der Waals surface area (Å²) in [6.45, 7) is 1.97. The van der Waals surface area contributed by atoms with Crippen molar-refractivity contribution in [3.05, 3.63) is 11.6 Å². The van der Waals surface area contributed by atoms with Crippen LogP contribution in [-0.4, -0.2) is 97.1 Å². The van der Waals surface area contributed by atoms with Gasteiger partial charge in [-0.25, -0.2) is 4.98 Å². The van der Waals surface area contributed by atoms with Crippen LogP contribution in [0.5, 0.6) is 0 Å². The van der Waals surface area contributed by atoms with Crippen molar-refractivity contribution in [3.8, 4) is 0 Å². The van der Waals surface area contributed by atoms with Crippen LogP contribution in [-0.2, 0) is 18.8 Å². The minimum atomic E-state index is -4.36. The second-order valence-corrected chi connectivity index (χ2v) is 8.88. The maximum atomic E-state index is 10.9. The first-order chi connectivity index (χ1) is 14.2. The topological polar surface area (TPSA) is 173 Å². The van der Waals surface area contributed by atoms with Crippen molar-refractivity contribution in [1.82, 2.24) is 19.5 Å². The van der Waals surface area contributed by atoms with Crippen LogP contribution >= 0.6 is 19.2 Å². The first kappa shape index (κ1) is 21.8. The SMILES string of the molecule is O=P(O)(O)COC[C@H]1O[C@@H](n2cnc3c(N4CCOCC4)nc(Cl)nc32)[C@H](O)[C@@H]1O. The number of ether oxygens (including phenoxy) is 3. The fourth-order valence-corrected chi connectivity index (χ4v) is 3.95. The van der Waals surface area contributed by atoms with Gasteiger partial charge in [0.05, 0.1) is 26.1 Å². The zero-order valence-electron chi connectivity index (χ0n) is 15.6. The van der Waals surface area contributed by atoms with Crippen molar-refractivity contribution in [3.63, 3.8) is 0 Å². The molecule has 4 atom stereocenters. The van der Waals surface area contributed by atoms with E-state index in [9.17, 15) is 14.8 Å². The van der Waals surface area contributed by atoms with E-state index in [1.165, 1.54) is 10.9 Å². The minimum absolute atomic E-state index is 0.0136. The van der Waals surface area contributed by atoms with Gasteiger partial charge in [0, 0.05) is 13.1 Å². The van der Waals surface area contributed by atoms with E-state index in [2.05, 4.69) is 15.0 Å². The fourth-order valence-electron chi connectivity index (χ4n) is 3.44. The van der Waals surface area contributed by atoms with Crippen LogP contribution in [0.1, 0.15) is 6.23 Å². The van der Waals surface area contributed by atoms with E-state index in [-0.39, 0.29) is 11.9 Å². The fraction of sp³-hybridized carbons (Fsp3) is 0.667. The van der Waals surface area contributed by atoms with E-state index in [1.54, 1.807) is 0 Å². The highest BCUT2D eigenvalue weighted by Crippen LogP contribution is 2.36. The van der Waals surface area contributed by atoms with Crippen molar-refractivity contribution in [2.24, 2.45) is 0 Å². The van der Waals surface area contributed by atoms with Crippen LogP contribution in [0.3, 0.4) is 0 Å². The number of halogens is 1. The van der Waals surface area contributed by atoms with Gasteiger partial charge in [-0.05, 0) is 11.6 Å². The predicted octanol–water partition coefficient (Wildman–Crippen LogP) is -0.913. The summed E-state index contributed by atoms with van der Waals surface area (Å²) in [6, 6.07) is 0. The molecule has 0 aliphatic carbocycles. The number of morpholine rings is 1. The van der Waals surface area contributed by atoms with Gasteiger partial charge in [-0.3, -0.25) is 9.13 Å². The van der Waals surface area contributed by atoms with Crippen molar-refractivity contribution in [1.29, 1.82) is 0 Å². The number of nitrogens with zero attached hydrogens (tertiary/aromatic N) is 5. The minimum Gasteiger partial charge on any atom is -0.387 e. The Hall–Kier alpha value is -1.41. The average molecular weight is 466 g/mol. The highest BCUT2D eigenvalue weighted by atomic mass is 35.5. The van der Waals surface area contributed by atoms with Gasteiger partial charge < -0.3 is 39.1 Å². The smallest absolute Gasteiger partial charge is 0.350 e. The first-order valence-electron chi connectivity index (χ1n) is 9.11. The van der Waals surface area contributed by atoms with Crippen molar-refractivity contribution in [2.75, 3.05) is 44.2 Å². The number of hydrogen-bond acceptors (Lipinski definition) is 10. The Bertz CT molecular complexity index is 951. The lowest BCUT2D eigenvalue weighted by molar-refractivity contribution is -0.0612. The van der Waals surface area contributed by atoms with Crippen molar-refractivity contribution >= 4 is 36.2 Å². The van der Waals surface area contributed by atoms with Crippen LogP contribution in [0.25, 0.3) is 11.2 Å². The van der Waals surface area contributed by atoms with Gasteiger partial charge in [-0.1, -0.05) is 0 Å². The maximum absolute atomic E-state index is 10.9. The van der Waals surface area contributed by atoms with Crippen LogP contribution in [0.4, 0.5) is 5.82 Å². The Labute approximate surface area is 175 Å². The van der Waals surface area contributed by atoms with E-state index in [0.29, 0.717) is 43.3 Å². The molecule has 0 aromatic carbocycles. The molecule has 0 radical (unpaired) electrons. The molecular formula is C15H21ClN5O8P. The van der Waals surface area contributed by atoms with Gasteiger partial charge in [0.25, 0.3) is 0 Å². The molecule has 2 aromatic heterocycles. The Morgan fingerprint density at radius 3 is 2.67 bits per heavy atom. The van der Waals surface area contributed by atoms with Crippen molar-refractivity contribution in [2.45, 2.75) is 24.5 Å². The van der Waals surface area contributed by atoms with Gasteiger partial charge >= 0.3 is 7.60 Å². The number of aliphatic hydroxyl groups excluding tert-OH is 2. The highest BCUT2D eigenvalue weighted by molar-refractivity contribution is 7.51. The summed E-state index contributed by atoms with van der Waals surface area (Å²) in [5.74, 6) is 0.529. The molecule has 0 bridgehead atoms. The molecule has 0 spiro atoms. The number of rotatable bonds is 6. The second kappa shape index (κ2) is 8.61. The number of fused-ring (bicyclic) bond motifs is 1. The summed E-state index contributed by atoms with van der Waals surface area (Å²) in [4.78, 5) is 32.5. The molecule has 2 fully saturated rings. The number of aromatic nitrogens is 4. The molecule has 4 N–H and O–H groups in total. The second-order valence-electron chi connectivity index (χ2n) is 6.95. The lowest BCUT2D eigenvalue weighted by atomic mass is 10.1. The number of anilines is 1. The third kappa shape index (κ3) is 4.44. The van der Waals surface area contributed by atoms with Gasteiger partial charge in [-0.15, -0.1) is 0 Å². The third-order valence-corrected chi connectivity index (χ3v) is 5.53.